The number of hydrogen-bond donors (Lipinski definition) is 4. The van der Waals surface area contributed by atoms with Crippen LogP contribution in [0.5, 0.6) is 0 Å². The number of benzene rings is 3. The number of aromatic amines is 1. The molecule has 1 saturated heterocycles. The summed E-state index contributed by atoms with van der Waals surface area (Å²) in [5.74, 6) is 4.66. The number of fused-ring (bicyclic) bond motifs is 3. The zero-order valence-electron chi connectivity index (χ0n) is 31.5. The van der Waals surface area contributed by atoms with E-state index in [-0.39, 0.29) is 42.3 Å². The van der Waals surface area contributed by atoms with Gasteiger partial charge in [-0.05, 0) is 71.0 Å². The van der Waals surface area contributed by atoms with E-state index in [9.17, 15) is 24.0 Å². The van der Waals surface area contributed by atoms with Crippen LogP contribution in [0, 0.1) is 11.8 Å². The van der Waals surface area contributed by atoms with Crippen molar-refractivity contribution in [3.63, 3.8) is 0 Å². The second kappa shape index (κ2) is 15.1. The number of piperidine rings is 1. The van der Waals surface area contributed by atoms with E-state index in [1.54, 1.807) is 37.6 Å². The zero-order chi connectivity index (χ0) is 39.8. The maximum absolute atomic E-state index is 13.1. The fourth-order valence-electron chi connectivity index (χ4n) is 7.49. The highest BCUT2D eigenvalue weighted by molar-refractivity contribution is 6.12. The summed E-state index contributed by atoms with van der Waals surface area (Å²) in [5, 5.41) is 10.7. The first-order valence-electron chi connectivity index (χ1n) is 18.5. The third kappa shape index (κ3) is 6.93. The Morgan fingerprint density at radius 3 is 2.53 bits per heavy atom. The van der Waals surface area contributed by atoms with Gasteiger partial charge in [-0.2, -0.15) is 0 Å². The van der Waals surface area contributed by atoms with E-state index in [4.69, 9.17) is 4.98 Å². The third-order valence-electron chi connectivity index (χ3n) is 10.4. The van der Waals surface area contributed by atoms with Gasteiger partial charge in [-0.15, -0.1) is 0 Å². The van der Waals surface area contributed by atoms with Crippen molar-refractivity contribution >= 4 is 56.9 Å². The first-order valence-corrected chi connectivity index (χ1v) is 18.5. The molecule has 1 atom stereocenters. The molecule has 2 aliphatic heterocycles. The van der Waals surface area contributed by atoms with Crippen LogP contribution >= 0.6 is 0 Å². The van der Waals surface area contributed by atoms with Gasteiger partial charge in [0.15, 0.2) is 0 Å². The number of hydrogen-bond acceptors (Lipinski definition) is 8. The van der Waals surface area contributed by atoms with Crippen molar-refractivity contribution in [3.05, 3.63) is 113 Å². The van der Waals surface area contributed by atoms with Gasteiger partial charge in [-0.25, -0.2) is 0 Å². The Bertz CT molecular complexity index is 2710. The molecule has 13 heteroatoms. The van der Waals surface area contributed by atoms with Gasteiger partial charge < -0.3 is 25.4 Å². The van der Waals surface area contributed by atoms with E-state index in [2.05, 4.69) is 43.8 Å². The van der Waals surface area contributed by atoms with Crippen LogP contribution in [-0.4, -0.2) is 83.1 Å². The number of imide groups is 1. The molecule has 6 aromatic rings. The fraction of sp³-hybridized carbons (Fsp3) is 0.205. The summed E-state index contributed by atoms with van der Waals surface area (Å²) in [6.45, 7) is 0.533. The summed E-state index contributed by atoms with van der Waals surface area (Å²) in [5.41, 5.74) is 8.01. The standard InChI is InChI=1S/C44H38N8O5/c1-45-41(54)33-23-49-40-31(33)18-28(20-38(40)51(2)3)29-11-7-10-26-19-36(48-22-32(26)29)27-13-14-35(47-21-27)42(55)46-17-5-4-8-25-9-6-12-30-34(25)24-52(44(30)57)37-15-16-39(53)50-43(37)56/h6-7,9-14,18-23,37,49H,5,15-17,24H2,1-3H3,(H,45,54)(H,46,55)(H,50,53,56). The van der Waals surface area contributed by atoms with Crippen molar-refractivity contribution in [3.8, 4) is 34.2 Å². The molecule has 0 spiro atoms. The van der Waals surface area contributed by atoms with Crippen molar-refractivity contribution in [1.82, 2.24) is 35.8 Å². The molecule has 57 heavy (non-hydrogen) atoms. The highest BCUT2D eigenvalue weighted by atomic mass is 16.2. The van der Waals surface area contributed by atoms with Crippen molar-refractivity contribution in [1.29, 1.82) is 0 Å². The molecule has 0 aliphatic carbocycles. The van der Waals surface area contributed by atoms with Gasteiger partial charge in [0.05, 0.1) is 22.5 Å². The second-order valence-electron chi connectivity index (χ2n) is 14.2. The molecule has 5 heterocycles. The summed E-state index contributed by atoms with van der Waals surface area (Å²) < 4.78 is 0. The number of rotatable bonds is 8. The second-order valence-corrected chi connectivity index (χ2v) is 14.2. The Hall–Kier alpha value is -7.33. The number of H-pyrrole nitrogens is 1. The lowest BCUT2D eigenvalue weighted by Crippen LogP contribution is -2.52. The highest BCUT2D eigenvalue weighted by Gasteiger charge is 2.39. The summed E-state index contributed by atoms with van der Waals surface area (Å²) in [4.78, 5) is 78.7. The summed E-state index contributed by atoms with van der Waals surface area (Å²) in [6.07, 6.45) is 6.06. The molecule has 0 bridgehead atoms. The van der Waals surface area contributed by atoms with Crippen LogP contribution < -0.4 is 20.9 Å². The van der Waals surface area contributed by atoms with Crippen LogP contribution in [0.3, 0.4) is 0 Å². The first kappa shape index (κ1) is 36.6. The van der Waals surface area contributed by atoms with Gasteiger partial charge in [0.25, 0.3) is 17.7 Å². The molecule has 3 aromatic carbocycles. The van der Waals surface area contributed by atoms with E-state index in [1.807, 2.05) is 67.7 Å². The van der Waals surface area contributed by atoms with Gasteiger partial charge >= 0.3 is 0 Å². The summed E-state index contributed by atoms with van der Waals surface area (Å²) in [6, 6.07) is 20.3. The Kier molecular flexibility index (Phi) is 9.69. The van der Waals surface area contributed by atoms with Crippen LogP contribution in [0.1, 0.15) is 61.6 Å². The van der Waals surface area contributed by atoms with Crippen LogP contribution in [0.25, 0.3) is 44.1 Å². The van der Waals surface area contributed by atoms with E-state index >= 15 is 0 Å². The zero-order valence-corrected chi connectivity index (χ0v) is 31.5. The van der Waals surface area contributed by atoms with Gasteiger partial charge in [0, 0.05) is 93.1 Å². The monoisotopic (exact) mass is 758 g/mol. The molecule has 0 saturated carbocycles. The van der Waals surface area contributed by atoms with Crippen molar-refractivity contribution in [2.75, 3.05) is 32.6 Å². The lowest BCUT2D eigenvalue weighted by molar-refractivity contribution is -0.136. The Labute approximate surface area is 327 Å². The van der Waals surface area contributed by atoms with Gasteiger partial charge in [-0.3, -0.25) is 39.3 Å². The molecular formula is C44H38N8O5. The van der Waals surface area contributed by atoms with E-state index in [0.29, 0.717) is 41.8 Å². The molecule has 1 unspecified atom stereocenters. The summed E-state index contributed by atoms with van der Waals surface area (Å²) in [7, 11) is 5.56. The first-order chi connectivity index (χ1) is 27.6. The predicted molar refractivity (Wildman–Crippen MR) is 216 cm³/mol. The molecule has 8 rings (SSSR count). The topological polar surface area (TPSA) is 169 Å². The number of carbonyl (C=O) groups is 5. The molecule has 5 amide bonds. The van der Waals surface area contributed by atoms with Gasteiger partial charge in [0.1, 0.15) is 11.7 Å². The largest absolute Gasteiger partial charge is 0.376 e. The summed E-state index contributed by atoms with van der Waals surface area (Å²) >= 11 is 0. The molecule has 13 nitrogen and oxygen atoms in total. The minimum Gasteiger partial charge on any atom is -0.376 e. The Morgan fingerprint density at radius 1 is 0.930 bits per heavy atom. The van der Waals surface area contributed by atoms with Crippen LogP contribution in [0.4, 0.5) is 5.69 Å². The van der Waals surface area contributed by atoms with Crippen molar-refractivity contribution in [2.45, 2.75) is 31.8 Å². The molecule has 4 N–H and O–H groups in total. The van der Waals surface area contributed by atoms with E-state index < -0.39 is 11.9 Å². The minimum atomic E-state index is -0.694. The van der Waals surface area contributed by atoms with Gasteiger partial charge in [-0.1, -0.05) is 36.1 Å². The number of anilines is 1. The third-order valence-corrected chi connectivity index (χ3v) is 10.4. The smallest absolute Gasteiger partial charge is 0.269 e. The molecular weight excluding hydrogens is 721 g/mol. The number of pyridine rings is 2. The number of aromatic nitrogens is 3. The molecule has 284 valence electrons. The highest BCUT2D eigenvalue weighted by Crippen LogP contribution is 2.37. The maximum Gasteiger partial charge on any atom is 0.269 e. The number of carbonyl (C=O) groups excluding carboxylic acids is 5. The lowest BCUT2D eigenvalue weighted by Gasteiger charge is -2.29. The number of nitrogens with zero attached hydrogens (tertiary/aromatic N) is 4. The number of amides is 5. The SMILES string of the molecule is CNC(=O)c1c[nH]c2c(N(C)C)cc(-c3cccc4cc(-c5ccc(C(=O)NCCC#Cc6cccc7c6CN(C6CCC(=O)NC6=O)C7=O)nc5)ncc34)cc12. The van der Waals surface area contributed by atoms with E-state index in [1.165, 1.54) is 4.90 Å². The normalized spacial score (nSPS) is 14.9. The lowest BCUT2D eigenvalue weighted by atomic mass is 9.96. The molecule has 0 radical (unpaired) electrons. The van der Waals surface area contributed by atoms with Crippen molar-refractivity contribution in [2.24, 2.45) is 0 Å². The molecule has 1 fully saturated rings. The quantitative estimate of drug-likeness (QED) is 0.0975. The molecule has 2 aliphatic rings. The minimum absolute atomic E-state index is 0.162. The Morgan fingerprint density at radius 2 is 1.75 bits per heavy atom. The molecule has 3 aromatic heterocycles. The maximum atomic E-state index is 13.1. The number of nitrogens with one attached hydrogen (secondary N) is 4. The average Bonchev–Trinajstić information content (AvgIpc) is 3.80. The van der Waals surface area contributed by atoms with E-state index in [0.717, 1.165) is 49.6 Å². The average molecular weight is 759 g/mol. The van der Waals surface area contributed by atoms with Gasteiger partial charge in [0.2, 0.25) is 11.8 Å². The van der Waals surface area contributed by atoms with Crippen LogP contribution in [0.2, 0.25) is 0 Å². The van der Waals surface area contributed by atoms with Crippen molar-refractivity contribution < 1.29 is 24.0 Å². The Balaban J connectivity index is 0.927. The van der Waals surface area contributed by atoms with Crippen LogP contribution in [-0.2, 0) is 16.1 Å². The van der Waals surface area contributed by atoms with Crippen LogP contribution in [0.15, 0.2) is 85.3 Å². The fourth-order valence-corrected chi connectivity index (χ4v) is 7.49. The predicted octanol–water partition coefficient (Wildman–Crippen LogP) is 4.80.